The van der Waals surface area contributed by atoms with Gasteiger partial charge in [-0.3, -0.25) is 14.4 Å². The lowest BCUT2D eigenvalue weighted by Crippen LogP contribution is -2.49. The standard InChI is InChI=1S/C18H28N4O3/c1-12-11-25-17(24)22(12)13-6-8-21(9-7-13)16(23)14-10-15(18(2,3)4)19-20(14)5/h10,12-13H,6-9,11H2,1-5H3. The molecule has 2 saturated heterocycles. The number of piperidine rings is 1. The Bertz CT molecular complexity index is 668. The van der Waals surface area contributed by atoms with E-state index in [-0.39, 0.29) is 29.5 Å². The van der Waals surface area contributed by atoms with Crippen molar-refractivity contribution in [2.75, 3.05) is 19.7 Å². The summed E-state index contributed by atoms with van der Waals surface area (Å²) in [5.41, 5.74) is 1.45. The Morgan fingerprint density at radius 2 is 1.92 bits per heavy atom. The van der Waals surface area contributed by atoms with Crippen LogP contribution in [-0.4, -0.2) is 63.4 Å². The highest BCUT2D eigenvalue weighted by Gasteiger charge is 2.38. The average Bonchev–Trinajstić information content (AvgIpc) is 3.09. The predicted molar refractivity (Wildman–Crippen MR) is 93.5 cm³/mol. The monoisotopic (exact) mass is 348 g/mol. The maximum Gasteiger partial charge on any atom is 0.410 e. The first-order valence-corrected chi connectivity index (χ1v) is 8.97. The van der Waals surface area contributed by atoms with Crippen LogP contribution in [0.15, 0.2) is 6.07 Å². The lowest BCUT2D eigenvalue weighted by Gasteiger charge is -2.37. The number of aromatic nitrogens is 2. The van der Waals surface area contributed by atoms with E-state index in [1.54, 1.807) is 4.68 Å². The predicted octanol–water partition coefficient (Wildman–Crippen LogP) is 2.16. The van der Waals surface area contributed by atoms with Gasteiger partial charge in [0.25, 0.3) is 5.91 Å². The second-order valence-electron chi connectivity index (χ2n) is 8.15. The van der Waals surface area contributed by atoms with Gasteiger partial charge in [0, 0.05) is 31.6 Å². The van der Waals surface area contributed by atoms with E-state index in [0.29, 0.717) is 25.4 Å². The van der Waals surface area contributed by atoms with E-state index in [9.17, 15) is 9.59 Å². The molecule has 25 heavy (non-hydrogen) atoms. The van der Waals surface area contributed by atoms with Crippen molar-refractivity contribution in [3.63, 3.8) is 0 Å². The van der Waals surface area contributed by atoms with Crippen LogP contribution in [0.3, 0.4) is 0 Å². The molecule has 0 bridgehead atoms. The maximum absolute atomic E-state index is 12.9. The van der Waals surface area contributed by atoms with Crippen LogP contribution >= 0.6 is 0 Å². The van der Waals surface area contributed by atoms with Gasteiger partial charge in [-0.15, -0.1) is 0 Å². The van der Waals surface area contributed by atoms with Crippen LogP contribution in [0.2, 0.25) is 0 Å². The lowest BCUT2D eigenvalue weighted by molar-refractivity contribution is 0.0631. The third-order valence-corrected chi connectivity index (χ3v) is 5.15. The molecule has 1 aromatic rings. The normalized spacial score (nSPS) is 22.4. The highest BCUT2D eigenvalue weighted by molar-refractivity contribution is 5.92. The second-order valence-corrected chi connectivity index (χ2v) is 8.15. The van der Waals surface area contributed by atoms with E-state index >= 15 is 0 Å². The largest absolute Gasteiger partial charge is 0.447 e. The molecule has 7 heteroatoms. The first-order valence-electron chi connectivity index (χ1n) is 8.97. The zero-order valence-electron chi connectivity index (χ0n) is 15.8. The summed E-state index contributed by atoms with van der Waals surface area (Å²) in [4.78, 5) is 28.5. The van der Waals surface area contributed by atoms with Crippen molar-refractivity contribution in [1.29, 1.82) is 0 Å². The molecule has 2 fully saturated rings. The number of carbonyl (C=O) groups is 2. The van der Waals surface area contributed by atoms with Crippen LogP contribution in [0, 0.1) is 0 Å². The molecule has 2 amide bonds. The molecule has 0 radical (unpaired) electrons. The Kier molecular flexibility index (Phi) is 4.51. The van der Waals surface area contributed by atoms with E-state index in [1.165, 1.54) is 0 Å². The highest BCUT2D eigenvalue weighted by Crippen LogP contribution is 2.26. The summed E-state index contributed by atoms with van der Waals surface area (Å²) in [5, 5.41) is 4.50. The SMILES string of the molecule is CC1COC(=O)N1C1CCN(C(=O)c2cc(C(C)(C)C)nn2C)CC1. The lowest BCUT2D eigenvalue weighted by atomic mass is 9.92. The van der Waals surface area contributed by atoms with Gasteiger partial charge in [0.2, 0.25) is 0 Å². The molecule has 2 aliphatic heterocycles. The number of ether oxygens (including phenoxy) is 1. The third-order valence-electron chi connectivity index (χ3n) is 5.15. The van der Waals surface area contributed by atoms with Crippen LogP contribution < -0.4 is 0 Å². The second kappa shape index (κ2) is 6.35. The van der Waals surface area contributed by atoms with Gasteiger partial charge >= 0.3 is 6.09 Å². The third kappa shape index (κ3) is 3.37. The maximum atomic E-state index is 12.9. The molecule has 0 saturated carbocycles. The molecule has 7 nitrogen and oxygen atoms in total. The average molecular weight is 348 g/mol. The van der Waals surface area contributed by atoms with E-state index in [2.05, 4.69) is 25.9 Å². The van der Waals surface area contributed by atoms with Crippen molar-refractivity contribution < 1.29 is 14.3 Å². The van der Waals surface area contributed by atoms with Crippen LogP contribution in [0.5, 0.6) is 0 Å². The van der Waals surface area contributed by atoms with Gasteiger partial charge in [0.05, 0.1) is 11.7 Å². The molecule has 138 valence electrons. The number of amides is 2. The van der Waals surface area contributed by atoms with Crippen molar-refractivity contribution in [1.82, 2.24) is 19.6 Å². The van der Waals surface area contributed by atoms with Crippen molar-refractivity contribution in [3.8, 4) is 0 Å². The number of hydrogen-bond donors (Lipinski definition) is 0. The number of likely N-dealkylation sites (tertiary alicyclic amines) is 1. The molecule has 0 aromatic carbocycles. The molecule has 1 aromatic heterocycles. The number of aryl methyl sites for hydroxylation is 1. The fourth-order valence-electron chi connectivity index (χ4n) is 3.58. The van der Waals surface area contributed by atoms with Gasteiger partial charge in [-0.2, -0.15) is 5.10 Å². The fourth-order valence-corrected chi connectivity index (χ4v) is 3.58. The zero-order valence-corrected chi connectivity index (χ0v) is 15.8. The molecule has 3 rings (SSSR count). The van der Waals surface area contributed by atoms with Gasteiger partial charge in [0.15, 0.2) is 0 Å². The summed E-state index contributed by atoms with van der Waals surface area (Å²) in [5.74, 6) is 0.0148. The minimum absolute atomic E-state index is 0.0148. The first kappa shape index (κ1) is 17.8. The minimum atomic E-state index is -0.223. The number of hydrogen-bond acceptors (Lipinski definition) is 4. The number of carbonyl (C=O) groups excluding carboxylic acids is 2. The van der Waals surface area contributed by atoms with Gasteiger partial charge in [-0.05, 0) is 25.8 Å². The Morgan fingerprint density at radius 3 is 2.40 bits per heavy atom. The quantitative estimate of drug-likeness (QED) is 0.821. The number of cyclic esters (lactones) is 1. The van der Waals surface area contributed by atoms with E-state index in [4.69, 9.17) is 4.74 Å². The highest BCUT2D eigenvalue weighted by atomic mass is 16.6. The van der Waals surface area contributed by atoms with Gasteiger partial charge in [-0.25, -0.2) is 4.79 Å². The van der Waals surface area contributed by atoms with E-state index in [1.807, 2.05) is 29.8 Å². The summed E-state index contributed by atoms with van der Waals surface area (Å²) in [6, 6.07) is 2.17. The smallest absolute Gasteiger partial charge is 0.410 e. The number of nitrogens with zero attached hydrogens (tertiary/aromatic N) is 4. The summed E-state index contributed by atoms with van der Waals surface area (Å²) < 4.78 is 6.80. The van der Waals surface area contributed by atoms with E-state index < -0.39 is 0 Å². The molecule has 1 unspecified atom stereocenters. The molecular formula is C18H28N4O3. The van der Waals surface area contributed by atoms with Crippen molar-refractivity contribution in [3.05, 3.63) is 17.5 Å². The van der Waals surface area contributed by atoms with Crippen molar-refractivity contribution >= 4 is 12.0 Å². The zero-order chi connectivity index (χ0) is 18.4. The van der Waals surface area contributed by atoms with Crippen LogP contribution in [-0.2, 0) is 17.2 Å². The van der Waals surface area contributed by atoms with Gasteiger partial charge in [0.1, 0.15) is 12.3 Å². The molecule has 1 atom stereocenters. The van der Waals surface area contributed by atoms with E-state index in [0.717, 1.165) is 18.5 Å². The topological polar surface area (TPSA) is 67.7 Å². The van der Waals surface area contributed by atoms with Gasteiger partial charge < -0.3 is 9.64 Å². The summed E-state index contributed by atoms with van der Waals surface area (Å²) in [7, 11) is 1.82. The van der Waals surface area contributed by atoms with Crippen LogP contribution in [0.1, 0.15) is 56.7 Å². The fraction of sp³-hybridized carbons (Fsp3) is 0.722. The minimum Gasteiger partial charge on any atom is -0.447 e. The summed E-state index contributed by atoms with van der Waals surface area (Å²) in [6.45, 7) is 10.0. The number of rotatable bonds is 2. The van der Waals surface area contributed by atoms with Crippen LogP contribution in [0.25, 0.3) is 0 Å². The molecule has 3 heterocycles. The Balaban J connectivity index is 1.66. The van der Waals surface area contributed by atoms with Crippen molar-refractivity contribution in [2.45, 2.75) is 58.0 Å². The summed E-state index contributed by atoms with van der Waals surface area (Å²) >= 11 is 0. The Labute approximate surface area is 148 Å². The molecule has 0 aliphatic carbocycles. The summed E-state index contributed by atoms with van der Waals surface area (Å²) in [6.07, 6.45) is 1.35. The van der Waals surface area contributed by atoms with Crippen molar-refractivity contribution in [2.24, 2.45) is 7.05 Å². The Morgan fingerprint density at radius 1 is 1.28 bits per heavy atom. The first-order chi connectivity index (χ1) is 11.7. The van der Waals surface area contributed by atoms with Gasteiger partial charge in [-0.1, -0.05) is 20.8 Å². The molecular weight excluding hydrogens is 320 g/mol. The molecule has 0 N–H and O–H groups in total. The Hall–Kier alpha value is -2.05. The molecule has 0 spiro atoms. The molecule has 2 aliphatic rings. The van der Waals surface area contributed by atoms with Crippen LogP contribution in [0.4, 0.5) is 4.79 Å².